The summed E-state index contributed by atoms with van der Waals surface area (Å²) in [6, 6.07) is 17.2. The Morgan fingerprint density at radius 1 is 1.12 bits per heavy atom. The van der Waals surface area contributed by atoms with Crippen molar-refractivity contribution >= 4 is 34.4 Å². The minimum Gasteiger partial charge on any atom is -0.364 e. The van der Waals surface area contributed by atoms with Crippen LogP contribution < -0.4 is 15.5 Å². The van der Waals surface area contributed by atoms with Crippen LogP contribution in [-0.4, -0.2) is 57.0 Å². The maximum atomic E-state index is 12.8. The van der Waals surface area contributed by atoms with Crippen molar-refractivity contribution in [3.05, 3.63) is 66.4 Å². The first-order chi connectivity index (χ1) is 16.7. The Hall–Kier alpha value is -4.05. The molecule has 5 rings (SSSR count). The number of fused-ring (bicyclic) bond motifs is 1. The highest BCUT2D eigenvalue weighted by atomic mass is 16.5. The number of aromatic nitrogens is 5. The zero-order chi connectivity index (χ0) is 23.3. The fraction of sp³-hybridized carbons (Fsp3) is 0.292. The first kappa shape index (κ1) is 21.8. The second-order valence-electron chi connectivity index (χ2n) is 8.10. The highest BCUT2D eigenvalue weighted by Crippen LogP contribution is 2.23. The number of nitrogens with zero attached hydrogens (tertiary/aromatic N) is 5. The number of rotatable bonds is 8. The van der Waals surface area contributed by atoms with Gasteiger partial charge in [0.1, 0.15) is 5.82 Å². The molecule has 2 atom stereocenters. The Morgan fingerprint density at radius 2 is 1.94 bits per heavy atom. The van der Waals surface area contributed by atoms with Crippen LogP contribution in [0.2, 0.25) is 0 Å². The zero-order valence-electron chi connectivity index (χ0n) is 18.8. The highest BCUT2D eigenvalue weighted by molar-refractivity contribution is 5.94. The quantitative estimate of drug-likeness (QED) is 0.368. The third-order valence-corrected chi connectivity index (χ3v) is 5.75. The highest BCUT2D eigenvalue weighted by Gasteiger charge is 2.25. The first-order valence-corrected chi connectivity index (χ1v) is 11.3. The van der Waals surface area contributed by atoms with E-state index in [-0.39, 0.29) is 11.9 Å². The average molecular weight is 459 g/mol. The van der Waals surface area contributed by atoms with Gasteiger partial charge in [-0.1, -0.05) is 30.3 Å². The molecule has 0 spiro atoms. The van der Waals surface area contributed by atoms with Crippen LogP contribution in [0.4, 0.5) is 17.5 Å². The van der Waals surface area contributed by atoms with Gasteiger partial charge in [-0.05, 0) is 43.2 Å². The second-order valence-corrected chi connectivity index (χ2v) is 8.10. The monoisotopic (exact) mass is 458 g/mol. The lowest BCUT2D eigenvalue weighted by molar-refractivity contribution is -0.127. The largest absolute Gasteiger partial charge is 0.364 e. The SMILES string of the molecule is CCOC(C(=O)Nc1ccc(NC2CCN(c3cc4cc[nH]c4nn3)C2)nn1)c1ccccc1. The number of carbonyl (C=O) groups is 1. The Kier molecular flexibility index (Phi) is 6.30. The van der Waals surface area contributed by atoms with E-state index in [2.05, 4.69) is 40.9 Å². The summed E-state index contributed by atoms with van der Waals surface area (Å²) in [5.41, 5.74) is 1.58. The van der Waals surface area contributed by atoms with Gasteiger partial charge in [0.15, 0.2) is 23.4 Å². The topological polar surface area (TPSA) is 121 Å². The van der Waals surface area contributed by atoms with E-state index in [0.29, 0.717) is 18.2 Å². The second kappa shape index (κ2) is 9.84. The molecular formula is C24H26N8O2. The Balaban J connectivity index is 1.18. The van der Waals surface area contributed by atoms with Crippen LogP contribution in [0, 0.1) is 0 Å². The number of nitrogens with one attached hydrogen (secondary N) is 3. The van der Waals surface area contributed by atoms with Gasteiger partial charge in [-0.3, -0.25) is 4.79 Å². The Bertz CT molecular complexity index is 1240. The zero-order valence-corrected chi connectivity index (χ0v) is 18.8. The molecule has 0 bridgehead atoms. The fourth-order valence-electron chi connectivity index (χ4n) is 4.08. The molecule has 174 valence electrons. The molecular weight excluding hydrogens is 432 g/mol. The summed E-state index contributed by atoms with van der Waals surface area (Å²) in [6.45, 7) is 3.95. The van der Waals surface area contributed by atoms with E-state index in [4.69, 9.17) is 4.74 Å². The van der Waals surface area contributed by atoms with Crippen LogP contribution in [0.25, 0.3) is 11.0 Å². The summed E-state index contributed by atoms with van der Waals surface area (Å²) in [4.78, 5) is 18.0. The molecule has 10 nitrogen and oxygen atoms in total. The predicted octanol–water partition coefficient (Wildman–Crippen LogP) is 3.16. The Morgan fingerprint density at radius 3 is 2.74 bits per heavy atom. The molecule has 3 aromatic heterocycles. The molecule has 4 heterocycles. The third-order valence-electron chi connectivity index (χ3n) is 5.75. The fourth-order valence-corrected chi connectivity index (χ4v) is 4.08. The van der Waals surface area contributed by atoms with Crippen LogP contribution in [0.15, 0.2) is 60.8 Å². The number of amides is 1. The number of anilines is 3. The van der Waals surface area contributed by atoms with E-state index in [1.807, 2.05) is 61.7 Å². The van der Waals surface area contributed by atoms with Gasteiger partial charge in [0.05, 0.1) is 0 Å². The molecule has 3 N–H and O–H groups in total. The molecule has 1 amide bonds. The predicted molar refractivity (Wildman–Crippen MR) is 130 cm³/mol. The number of ether oxygens (including phenoxy) is 1. The molecule has 1 fully saturated rings. The number of hydrogen-bond donors (Lipinski definition) is 3. The molecule has 0 aliphatic carbocycles. The summed E-state index contributed by atoms with van der Waals surface area (Å²) in [5, 5.41) is 24.2. The van der Waals surface area contributed by atoms with Crippen molar-refractivity contribution in [2.75, 3.05) is 35.2 Å². The minimum atomic E-state index is -0.705. The van der Waals surface area contributed by atoms with Crippen molar-refractivity contribution in [2.45, 2.75) is 25.5 Å². The van der Waals surface area contributed by atoms with Gasteiger partial charge in [0, 0.05) is 37.3 Å². The van der Waals surface area contributed by atoms with Crippen molar-refractivity contribution in [1.82, 2.24) is 25.4 Å². The minimum absolute atomic E-state index is 0.207. The van der Waals surface area contributed by atoms with Crippen molar-refractivity contribution < 1.29 is 9.53 Å². The summed E-state index contributed by atoms with van der Waals surface area (Å²) in [7, 11) is 0. The van der Waals surface area contributed by atoms with Crippen LogP contribution in [0.1, 0.15) is 25.0 Å². The van der Waals surface area contributed by atoms with Gasteiger partial charge in [0.2, 0.25) is 0 Å². The van der Waals surface area contributed by atoms with Crippen molar-refractivity contribution in [2.24, 2.45) is 0 Å². The van der Waals surface area contributed by atoms with E-state index in [9.17, 15) is 4.79 Å². The standard InChI is InChI=1S/C24H26N8O2/c1-2-34-22(16-6-4-3-5-7-16)24(33)27-20-9-8-19(28-29-20)26-18-11-13-32(15-18)21-14-17-10-12-25-23(17)31-30-21/h3-10,12,14,18,22H,2,11,13,15H2,1H3,(H,25,31)(H,26,28)(H,27,29,33). The molecule has 0 radical (unpaired) electrons. The Labute approximate surface area is 196 Å². The van der Waals surface area contributed by atoms with E-state index in [0.717, 1.165) is 41.9 Å². The third kappa shape index (κ3) is 4.81. The van der Waals surface area contributed by atoms with Crippen LogP contribution >= 0.6 is 0 Å². The smallest absolute Gasteiger partial charge is 0.259 e. The van der Waals surface area contributed by atoms with E-state index in [1.165, 1.54) is 0 Å². The number of carbonyl (C=O) groups excluding carboxylic acids is 1. The van der Waals surface area contributed by atoms with Crippen molar-refractivity contribution in [3.63, 3.8) is 0 Å². The van der Waals surface area contributed by atoms with Crippen LogP contribution in [0.5, 0.6) is 0 Å². The van der Waals surface area contributed by atoms with Gasteiger partial charge < -0.3 is 25.3 Å². The number of benzene rings is 1. The summed E-state index contributed by atoms with van der Waals surface area (Å²) in [5.74, 6) is 1.61. The maximum absolute atomic E-state index is 12.8. The molecule has 2 unspecified atom stereocenters. The molecule has 4 aromatic rings. The molecule has 10 heteroatoms. The van der Waals surface area contributed by atoms with E-state index in [1.54, 1.807) is 6.07 Å². The van der Waals surface area contributed by atoms with E-state index >= 15 is 0 Å². The first-order valence-electron chi connectivity index (χ1n) is 11.3. The number of H-pyrrole nitrogens is 1. The van der Waals surface area contributed by atoms with Crippen LogP contribution in [0.3, 0.4) is 0 Å². The van der Waals surface area contributed by atoms with Crippen molar-refractivity contribution in [1.29, 1.82) is 0 Å². The van der Waals surface area contributed by atoms with Crippen LogP contribution in [-0.2, 0) is 9.53 Å². The molecule has 34 heavy (non-hydrogen) atoms. The molecule has 1 aromatic carbocycles. The van der Waals surface area contributed by atoms with Gasteiger partial charge in [-0.15, -0.1) is 20.4 Å². The van der Waals surface area contributed by atoms with E-state index < -0.39 is 6.10 Å². The summed E-state index contributed by atoms with van der Waals surface area (Å²) >= 11 is 0. The lowest BCUT2D eigenvalue weighted by atomic mass is 10.1. The molecule has 1 saturated heterocycles. The normalized spacial score (nSPS) is 16.5. The summed E-state index contributed by atoms with van der Waals surface area (Å²) < 4.78 is 5.65. The number of hydrogen-bond acceptors (Lipinski definition) is 8. The van der Waals surface area contributed by atoms with Gasteiger partial charge in [-0.2, -0.15) is 0 Å². The van der Waals surface area contributed by atoms with Gasteiger partial charge in [0.25, 0.3) is 5.91 Å². The lowest BCUT2D eigenvalue weighted by Gasteiger charge is -2.18. The van der Waals surface area contributed by atoms with Gasteiger partial charge >= 0.3 is 0 Å². The van der Waals surface area contributed by atoms with Crippen molar-refractivity contribution in [3.8, 4) is 0 Å². The molecule has 1 aliphatic heterocycles. The molecule has 1 aliphatic rings. The molecule has 0 saturated carbocycles. The summed E-state index contributed by atoms with van der Waals surface area (Å²) in [6.07, 6.45) is 2.10. The maximum Gasteiger partial charge on any atom is 0.259 e. The average Bonchev–Trinajstić information content (AvgIpc) is 3.53. The number of aromatic amines is 1. The lowest BCUT2D eigenvalue weighted by Crippen LogP contribution is -2.27. The van der Waals surface area contributed by atoms with Gasteiger partial charge in [-0.25, -0.2) is 0 Å².